The summed E-state index contributed by atoms with van der Waals surface area (Å²) >= 11 is 0. The fourth-order valence-corrected chi connectivity index (χ4v) is 7.13. The van der Waals surface area contributed by atoms with Crippen molar-refractivity contribution in [1.82, 2.24) is 0 Å². The fraction of sp³-hybridized carbons (Fsp3) is 0.500. The largest absolute Gasteiger partial charge is 0.510 e. The van der Waals surface area contributed by atoms with E-state index in [1.807, 2.05) is 74.5 Å². The molecule has 1 saturated carbocycles. The van der Waals surface area contributed by atoms with Crippen LogP contribution >= 0.6 is 0 Å². The lowest BCUT2D eigenvalue weighted by atomic mass is 9.38. The molecule has 2 aliphatic carbocycles. The molecule has 0 amide bonds. The van der Waals surface area contributed by atoms with E-state index in [0.29, 0.717) is 19.3 Å². The van der Waals surface area contributed by atoms with E-state index in [1.54, 1.807) is 0 Å². The van der Waals surface area contributed by atoms with E-state index in [-0.39, 0.29) is 36.5 Å². The highest BCUT2D eigenvalue weighted by Crippen LogP contribution is 2.68. The zero-order valence-corrected chi connectivity index (χ0v) is 27.9. The van der Waals surface area contributed by atoms with Crippen LogP contribution in [0, 0.1) is 22.2 Å². The highest BCUT2D eigenvalue weighted by molar-refractivity contribution is 6.35. The van der Waals surface area contributed by atoms with Gasteiger partial charge in [-0.05, 0) is 123 Å². The predicted molar refractivity (Wildman–Crippen MR) is 176 cm³/mol. The number of allylic oxidation sites excluding steroid dienone is 10. The highest BCUT2D eigenvalue weighted by atomic mass is 16.3. The second-order valence-corrected chi connectivity index (χ2v) is 14.0. The number of phenolic OH excluding ortho intramolecular Hbond substituents is 2. The third kappa shape index (κ3) is 6.13. The molecule has 1 fully saturated rings. The number of aromatic hydroxyl groups is 2. The van der Waals surface area contributed by atoms with E-state index < -0.39 is 50.6 Å². The van der Waals surface area contributed by atoms with Crippen molar-refractivity contribution in [2.24, 2.45) is 22.2 Å². The molecular formula is C38H50O6. The zero-order chi connectivity index (χ0) is 33.2. The Bertz CT molecular complexity index is 1480. The van der Waals surface area contributed by atoms with Crippen molar-refractivity contribution in [2.75, 3.05) is 0 Å². The van der Waals surface area contributed by atoms with Crippen LogP contribution in [0.15, 0.2) is 76.1 Å². The number of aliphatic hydroxyl groups excluding tert-OH is 1. The van der Waals surface area contributed by atoms with Gasteiger partial charge < -0.3 is 15.3 Å². The summed E-state index contributed by atoms with van der Waals surface area (Å²) in [7, 11) is 0. The smallest absolute Gasteiger partial charge is 0.200 e. The number of carbonyl (C=O) groups is 3. The minimum atomic E-state index is -1.61. The number of fused-ring (bicyclic) bond motifs is 2. The molecule has 2 aliphatic rings. The summed E-state index contributed by atoms with van der Waals surface area (Å²) in [6, 6.07) is 3.58. The van der Waals surface area contributed by atoms with Crippen LogP contribution < -0.4 is 0 Å². The van der Waals surface area contributed by atoms with E-state index in [4.69, 9.17) is 0 Å². The van der Waals surface area contributed by atoms with Gasteiger partial charge in [0.1, 0.15) is 16.7 Å². The van der Waals surface area contributed by atoms with Crippen LogP contribution in [-0.2, 0) is 9.59 Å². The minimum Gasteiger partial charge on any atom is -0.510 e. The first-order valence-electron chi connectivity index (χ1n) is 15.6. The maximum atomic E-state index is 15.2. The van der Waals surface area contributed by atoms with Crippen molar-refractivity contribution < 1.29 is 29.7 Å². The van der Waals surface area contributed by atoms with Gasteiger partial charge in [-0.25, -0.2) is 0 Å². The molecule has 0 heterocycles. The predicted octanol–water partition coefficient (Wildman–Crippen LogP) is 9.06. The third-order valence-corrected chi connectivity index (χ3v) is 9.76. The van der Waals surface area contributed by atoms with Crippen molar-refractivity contribution in [3.8, 4) is 11.5 Å². The van der Waals surface area contributed by atoms with Crippen LogP contribution in [0.4, 0.5) is 0 Å². The molecule has 0 saturated heterocycles. The van der Waals surface area contributed by atoms with Crippen LogP contribution in [0.3, 0.4) is 0 Å². The number of hydrogen-bond donors (Lipinski definition) is 3. The van der Waals surface area contributed by atoms with Gasteiger partial charge in [0.2, 0.25) is 0 Å². The van der Waals surface area contributed by atoms with Gasteiger partial charge in [-0.2, -0.15) is 0 Å². The molecule has 2 bridgehead atoms. The van der Waals surface area contributed by atoms with Gasteiger partial charge in [0.25, 0.3) is 0 Å². The number of benzene rings is 1. The van der Waals surface area contributed by atoms with Gasteiger partial charge in [0.15, 0.2) is 28.8 Å². The minimum absolute atomic E-state index is 0.0512. The molecule has 6 heteroatoms. The van der Waals surface area contributed by atoms with Gasteiger partial charge >= 0.3 is 0 Å². The van der Waals surface area contributed by atoms with Gasteiger partial charge in [0.05, 0.1) is 5.41 Å². The van der Waals surface area contributed by atoms with Crippen LogP contribution in [0.25, 0.3) is 0 Å². The number of hydrogen-bond acceptors (Lipinski definition) is 6. The molecular weight excluding hydrogens is 552 g/mol. The molecule has 6 nitrogen and oxygen atoms in total. The van der Waals surface area contributed by atoms with Crippen molar-refractivity contribution in [2.45, 2.75) is 101 Å². The molecule has 1 aromatic rings. The first-order valence-corrected chi connectivity index (χ1v) is 15.6. The second kappa shape index (κ2) is 13.1. The molecule has 238 valence electrons. The maximum Gasteiger partial charge on any atom is 0.200 e. The second-order valence-electron chi connectivity index (χ2n) is 14.0. The molecule has 0 radical (unpaired) electrons. The lowest BCUT2D eigenvalue weighted by molar-refractivity contribution is -0.174. The van der Waals surface area contributed by atoms with Gasteiger partial charge in [-0.15, -0.1) is 0 Å². The molecule has 3 N–H and O–H groups in total. The summed E-state index contributed by atoms with van der Waals surface area (Å²) in [5.74, 6) is -3.29. The van der Waals surface area contributed by atoms with E-state index >= 15 is 9.59 Å². The lowest BCUT2D eigenvalue weighted by Crippen LogP contribution is -2.67. The summed E-state index contributed by atoms with van der Waals surface area (Å²) in [5.41, 5.74) is -0.192. The molecule has 44 heavy (non-hydrogen) atoms. The van der Waals surface area contributed by atoms with E-state index in [1.165, 1.54) is 12.1 Å². The summed E-state index contributed by atoms with van der Waals surface area (Å²) < 4.78 is 0. The van der Waals surface area contributed by atoms with Crippen molar-refractivity contribution in [3.63, 3.8) is 0 Å². The van der Waals surface area contributed by atoms with Gasteiger partial charge in [-0.3, -0.25) is 14.4 Å². The lowest BCUT2D eigenvalue weighted by Gasteiger charge is -2.61. The zero-order valence-electron chi connectivity index (χ0n) is 27.9. The van der Waals surface area contributed by atoms with Crippen LogP contribution in [0.5, 0.6) is 11.5 Å². The number of Topliss-reactive ketones (excluding diaryl/α,β-unsaturated/α-hetero) is 3. The molecule has 0 aliphatic heterocycles. The summed E-state index contributed by atoms with van der Waals surface area (Å²) in [6.45, 7) is 17.8. The van der Waals surface area contributed by atoms with E-state index in [9.17, 15) is 20.1 Å². The molecule has 0 spiro atoms. The Morgan fingerprint density at radius 1 is 0.818 bits per heavy atom. The number of carbonyl (C=O) groups excluding carboxylic acids is 3. The summed E-state index contributed by atoms with van der Waals surface area (Å²) in [5, 5.41) is 32.2. The Kier molecular flexibility index (Phi) is 10.4. The third-order valence-electron chi connectivity index (χ3n) is 9.76. The molecule has 0 aromatic heterocycles. The Morgan fingerprint density at radius 3 is 1.93 bits per heavy atom. The van der Waals surface area contributed by atoms with Crippen molar-refractivity contribution >= 4 is 17.3 Å². The number of ketones is 3. The van der Waals surface area contributed by atoms with Crippen LogP contribution in [-0.4, -0.2) is 32.7 Å². The van der Waals surface area contributed by atoms with Crippen molar-refractivity contribution in [1.29, 1.82) is 0 Å². The highest BCUT2D eigenvalue weighted by Gasteiger charge is 2.73. The quantitative estimate of drug-likeness (QED) is 0.0766. The average molecular weight is 603 g/mol. The SMILES string of the molecule is CC(C)=CCC[C@]1(C)[C@@H](CC=C(C)C)C[C@]2(CC=C(C)C)C(=O)[C@@]1(CC=C(C)C)C(=O)C(C(=O)c1ccc(O)c(O)c1)=C2O. The number of rotatable bonds is 11. The molecule has 4 atom stereocenters. The topological polar surface area (TPSA) is 112 Å². The molecule has 0 unspecified atom stereocenters. The van der Waals surface area contributed by atoms with Gasteiger partial charge in [0, 0.05) is 5.56 Å². The Balaban J connectivity index is 2.49. The van der Waals surface area contributed by atoms with Crippen LogP contribution in [0.1, 0.15) is 111 Å². The summed E-state index contributed by atoms with van der Waals surface area (Å²) in [6.07, 6.45) is 10.5. The van der Waals surface area contributed by atoms with Crippen molar-refractivity contribution in [3.05, 3.63) is 81.7 Å². The standard InChI is InChI=1S/C38H50O6/c1-23(2)11-10-18-36(9)28(14-12-24(3)4)22-37(19-16-25(5)6)33(42)31(32(41)27-13-15-29(39)30(40)21-27)34(43)38(36,35(37)44)20-17-26(7)8/h11-13,15-17,21,28,39-40,42H,10,14,18-20,22H2,1-9H3/t28-,36+,37-,38+/m0/s1. The summed E-state index contributed by atoms with van der Waals surface area (Å²) in [4.78, 5) is 44.5. The van der Waals surface area contributed by atoms with Gasteiger partial charge in [-0.1, -0.05) is 53.5 Å². The number of aliphatic hydroxyl groups is 1. The Labute approximate surface area is 263 Å². The first-order chi connectivity index (χ1) is 20.4. The fourth-order valence-electron chi connectivity index (χ4n) is 7.13. The first kappa shape index (κ1) is 34.8. The normalized spacial score (nSPS) is 26.2. The van der Waals surface area contributed by atoms with Crippen LogP contribution in [0.2, 0.25) is 0 Å². The Morgan fingerprint density at radius 2 is 1.39 bits per heavy atom. The Hall–Kier alpha value is -3.67. The van der Waals surface area contributed by atoms with E-state index in [0.717, 1.165) is 28.4 Å². The van der Waals surface area contributed by atoms with E-state index in [2.05, 4.69) is 12.2 Å². The average Bonchev–Trinajstić information content (AvgIpc) is 2.92. The monoisotopic (exact) mass is 602 g/mol. The molecule has 1 aromatic carbocycles. The molecule has 3 rings (SSSR count). The number of phenols is 2. The maximum absolute atomic E-state index is 15.2.